The van der Waals surface area contributed by atoms with Crippen LogP contribution in [-0.2, 0) is 10.2 Å². The molecule has 1 N–H and O–H groups in total. The van der Waals surface area contributed by atoms with E-state index in [0.717, 1.165) is 66.5 Å². The Labute approximate surface area is 281 Å². The third-order valence-electron chi connectivity index (χ3n) is 8.60. The first kappa shape index (κ1) is 33.1. The lowest BCUT2D eigenvalue weighted by Gasteiger charge is -2.26. The summed E-state index contributed by atoms with van der Waals surface area (Å²) in [6.07, 6.45) is 2.63. The minimum absolute atomic E-state index is 0.0773. The fourth-order valence-electron chi connectivity index (χ4n) is 5.90. The van der Waals surface area contributed by atoms with E-state index in [2.05, 4.69) is 36.0 Å². The van der Waals surface area contributed by atoms with Gasteiger partial charge in [-0.25, -0.2) is 0 Å². The van der Waals surface area contributed by atoms with Crippen LogP contribution in [0.1, 0.15) is 43.1 Å². The molecule has 1 saturated heterocycles. The number of ether oxygens (including phenoxy) is 5. The Hall–Kier alpha value is -4.86. The molecule has 48 heavy (non-hydrogen) atoms. The lowest BCUT2D eigenvalue weighted by Crippen LogP contribution is -2.37. The van der Waals surface area contributed by atoms with Crippen LogP contribution in [0.15, 0.2) is 79.0 Å². The van der Waals surface area contributed by atoms with E-state index in [9.17, 15) is 4.79 Å². The van der Waals surface area contributed by atoms with Gasteiger partial charge in [0.2, 0.25) is 0 Å². The van der Waals surface area contributed by atoms with Crippen LogP contribution in [0.5, 0.6) is 28.7 Å². The molecule has 1 aliphatic rings. The number of fused-ring (bicyclic) bond motifs is 2. The summed E-state index contributed by atoms with van der Waals surface area (Å²) in [5.74, 6) is 2.92. The Kier molecular flexibility index (Phi) is 9.98. The lowest BCUT2D eigenvalue weighted by molar-refractivity contribution is 0.0357. The van der Waals surface area contributed by atoms with Gasteiger partial charge in [-0.3, -0.25) is 14.7 Å². The molecule has 1 fully saturated rings. The molecule has 1 aromatic heterocycles. The first-order chi connectivity index (χ1) is 23.2. The molecule has 0 spiro atoms. The molecule has 9 nitrogen and oxygen atoms in total. The van der Waals surface area contributed by atoms with Gasteiger partial charge < -0.3 is 29.0 Å². The number of methoxy groups -OCH3 is 2. The summed E-state index contributed by atoms with van der Waals surface area (Å²) in [4.78, 5) is 20.6. The number of aromatic nitrogens is 1. The maximum atomic E-state index is 13.6. The number of morpholine rings is 1. The van der Waals surface area contributed by atoms with Crippen molar-refractivity contribution < 1.29 is 28.5 Å². The number of anilines is 1. The van der Waals surface area contributed by atoms with Crippen molar-refractivity contribution in [1.29, 1.82) is 0 Å². The van der Waals surface area contributed by atoms with Crippen LogP contribution in [0.4, 0.5) is 5.69 Å². The number of carbonyl (C=O) groups excluding carboxylic acids is 1. The molecule has 250 valence electrons. The van der Waals surface area contributed by atoms with Crippen LogP contribution in [0.2, 0.25) is 0 Å². The van der Waals surface area contributed by atoms with E-state index in [4.69, 9.17) is 23.7 Å². The first-order valence-corrected chi connectivity index (χ1v) is 16.3. The minimum Gasteiger partial charge on any atom is -0.495 e. The summed E-state index contributed by atoms with van der Waals surface area (Å²) < 4.78 is 29.2. The number of amides is 1. The molecule has 0 aliphatic carbocycles. The number of carbonyl (C=O) groups is 1. The van der Waals surface area contributed by atoms with E-state index in [1.165, 1.54) is 0 Å². The Bertz CT molecular complexity index is 1910. The topological polar surface area (TPSA) is 91.4 Å². The highest BCUT2D eigenvalue weighted by Crippen LogP contribution is 2.38. The minimum atomic E-state index is -0.218. The van der Waals surface area contributed by atoms with Gasteiger partial charge in [0.1, 0.15) is 17.2 Å². The van der Waals surface area contributed by atoms with Crippen molar-refractivity contribution in [3.63, 3.8) is 0 Å². The Morgan fingerprint density at radius 1 is 0.875 bits per heavy atom. The molecular formula is C39H43N3O6. The summed E-state index contributed by atoms with van der Waals surface area (Å²) in [5.41, 5.74) is 2.95. The standard InChI is InChI=1S/C39H43N3O6/c1-39(2,3)27-10-13-35(44-4)33(23-27)41-38(43)30-9-6-8-26-22-28(11-12-29(26)30)48-34-14-15-40-32-25-37(36(45-5)24-31(32)34)47-19-7-16-42-17-20-46-21-18-42/h6,8-15,22-25H,7,16-21H2,1-5H3,(H,41,43). The smallest absolute Gasteiger partial charge is 0.256 e. The predicted octanol–water partition coefficient (Wildman–Crippen LogP) is 7.85. The molecule has 0 atom stereocenters. The normalized spacial score (nSPS) is 13.8. The van der Waals surface area contributed by atoms with Crippen LogP contribution < -0.4 is 24.3 Å². The number of benzene rings is 4. The molecule has 5 aromatic rings. The summed E-state index contributed by atoms with van der Waals surface area (Å²) in [7, 11) is 3.23. The van der Waals surface area contributed by atoms with Gasteiger partial charge in [-0.1, -0.05) is 39.0 Å². The molecule has 1 amide bonds. The number of hydrogen-bond donors (Lipinski definition) is 1. The van der Waals surface area contributed by atoms with Crippen LogP contribution in [0.25, 0.3) is 21.7 Å². The van der Waals surface area contributed by atoms with E-state index in [0.29, 0.717) is 46.6 Å². The molecule has 1 aliphatic heterocycles. The quantitative estimate of drug-likeness (QED) is 0.145. The van der Waals surface area contributed by atoms with Crippen molar-refractivity contribution in [2.24, 2.45) is 0 Å². The fourth-order valence-corrected chi connectivity index (χ4v) is 5.90. The van der Waals surface area contributed by atoms with E-state index in [1.807, 2.05) is 72.8 Å². The van der Waals surface area contributed by atoms with Gasteiger partial charge in [-0.2, -0.15) is 0 Å². The van der Waals surface area contributed by atoms with Crippen molar-refractivity contribution in [3.8, 4) is 28.7 Å². The van der Waals surface area contributed by atoms with Crippen molar-refractivity contribution >= 4 is 33.3 Å². The van der Waals surface area contributed by atoms with Gasteiger partial charge in [0.05, 0.1) is 45.2 Å². The molecule has 4 aromatic carbocycles. The van der Waals surface area contributed by atoms with Gasteiger partial charge in [0.15, 0.2) is 11.5 Å². The number of nitrogens with zero attached hydrogens (tertiary/aromatic N) is 2. The van der Waals surface area contributed by atoms with Gasteiger partial charge in [-0.15, -0.1) is 0 Å². The van der Waals surface area contributed by atoms with Crippen molar-refractivity contribution in [2.45, 2.75) is 32.6 Å². The van der Waals surface area contributed by atoms with E-state index >= 15 is 0 Å². The third-order valence-corrected chi connectivity index (χ3v) is 8.60. The Morgan fingerprint density at radius 3 is 2.46 bits per heavy atom. The Balaban J connectivity index is 1.20. The van der Waals surface area contributed by atoms with Crippen molar-refractivity contribution in [2.75, 3.05) is 59.0 Å². The summed E-state index contributed by atoms with van der Waals surface area (Å²) >= 11 is 0. The fraction of sp³-hybridized carbons (Fsp3) is 0.333. The van der Waals surface area contributed by atoms with Crippen molar-refractivity contribution in [3.05, 3.63) is 90.1 Å². The van der Waals surface area contributed by atoms with Crippen LogP contribution >= 0.6 is 0 Å². The number of pyridine rings is 1. The number of hydrogen-bond acceptors (Lipinski definition) is 8. The van der Waals surface area contributed by atoms with E-state index in [-0.39, 0.29) is 11.3 Å². The molecule has 9 heteroatoms. The van der Waals surface area contributed by atoms with E-state index < -0.39 is 0 Å². The molecule has 0 radical (unpaired) electrons. The molecule has 0 saturated carbocycles. The first-order valence-electron chi connectivity index (χ1n) is 16.3. The van der Waals surface area contributed by atoms with Gasteiger partial charge in [0, 0.05) is 42.8 Å². The monoisotopic (exact) mass is 649 g/mol. The summed E-state index contributed by atoms with van der Waals surface area (Å²) in [6, 6.07) is 22.9. The third kappa shape index (κ3) is 7.48. The second kappa shape index (κ2) is 14.5. The van der Waals surface area contributed by atoms with Crippen molar-refractivity contribution in [1.82, 2.24) is 9.88 Å². The zero-order valence-electron chi connectivity index (χ0n) is 28.3. The van der Waals surface area contributed by atoms with Crippen LogP contribution in [-0.4, -0.2) is 69.5 Å². The predicted molar refractivity (Wildman–Crippen MR) is 189 cm³/mol. The second-order valence-electron chi connectivity index (χ2n) is 12.9. The highest BCUT2D eigenvalue weighted by Gasteiger charge is 2.19. The maximum absolute atomic E-state index is 13.6. The molecule has 0 bridgehead atoms. The Morgan fingerprint density at radius 2 is 1.69 bits per heavy atom. The van der Waals surface area contributed by atoms with Gasteiger partial charge >= 0.3 is 0 Å². The lowest BCUT2D eigenvalue weighted by atomic mass is 9.87. The average molecular weight is 650 g/mol. The maximum Gasteiger partial charge on any atom is 0.256 e. The van der Waals surface area contributed by atoms with Crippen LogP contribution in [0.3, 0.4) is 0 Å². The molecule has 2 heterocycles. The largest absolute Gasteiger partial charge is 0.495 e. The van der Waals surface area contributed by atoms with Gasteiger partial charge in [-0.05, 0) is 76.7 Å². The summed E-state index contributed by atoms with van der Waals surface area (Å²) in [5, 5.41) is 5.56. The number of rotatable bonds is 11. The SMILES string of the molecule is COc1ccc(C(C)(C)C)cc1NC(=O)c1cccc2cc(Oc3ccnc4cc(OCCCN5CCOCC5)c(OC)cc34)ccc12. The zero-order chi connectivity index (χ0) is 33.7. The van der Waals surface area contributed by atoms with E-state index in [1.54, 1.807) is 20.4 Å². The molecule has 0 unspecified atom stereocenters. The highest BCUT2D eigenvalue weighted by molar-refractivity contribution is 6.13. The zero-order valence-corrected chi connectivity index (χ0v) is 28.3. The number of nitrogens with one attached hydrogen (secondary N) is 1. The molecular weight excluding hydrogens is 606 g/mol. The summed E-state index contributed by atoms with van der Waals surface area (Å²) in [6.45, 7) is 11.4. The average Bonchev–Trinajstić information content (AvgIpc) is 3.09. The van der Waals surface area contributed by atoms with Crippen LogP contribution in [0, 0.1) is 0 Å². The highest BCUT2D eigenvalue weighted by atomic mass is 16.5. The second-order valence-corrected chi connectivity index (χ2v) is 12.9. The molecule has 6 rings (SSSR count). The van der Waals surface area contributed by atoms with Gasteiger partial charge in [0.25, 0.3) is 5.91 Å².